The smallest absolute Gasteiger partial charge is 0.307 e. The van der Waals surface area contributed by atoms with Crippen molar-refractivity contribution in [3.63, 3.8) is 0 Å². The summed E-state index contributed by atoms with van der Waals surface area (Å²) >= 11 is 0. The average molecular weight is 513 g/mol. The minimum absolute atomic E-state index is 0.0563. The number of carboxylic acid groups (broad SMARTS) is 1. The highest BCUT2D eigenvalue weighted by molar-refractivity contribution is 5.75. The van der Waals surface area contributed by atoms with Crippen LogP contribution in [0, 0.1) is 13.8 Å². The number of carboxylic acids is 1. The Kier molecular flexibility index (Phi) is 8.13. The van der Waals surface area contributed by atoms with Crippen molar-refractivity contribution in [3.8, 4) is 16.9 Å². The van der Waals surface area contributed by atoms with Gasteiger partial charge >= 0.3 is 5.97 Å². The van der Waals surface area contributed by atoms with Crippen LogP contribution in [-0.4, -0.2) is 30.4 Å². The summed E-state index contributed by atoms with van der Waals surface area (Å²) in [5.74, 6) is -0.268. The first kappa shape index (κ1) is 27.7. The number of benzene rings is 3. The summed E-state index contributed by atoms with van der Waals surface area (Å²) in [6.07, 6.45) is 7.35. The topological polar surface area (TPSA) is 59.1 Å². The van der Waals surface area contributed by atoms with Gasteiger partial charge in [0.05, 0.1) is 20.1 Å². The Balaban J connectivity index is 1.69. The zero-order chi connectivity index (χ0) is 27.5. The fraction of sp³-hybridized carbons (Fsp3) is 0.382. The van der Waals surface area contributed by atoms with Crippen LogP contribution in [0.1, 0.15) is 73.4 Å². The number of epoxide rings is 1. The van der Waals surface area contributed by atoms with E-state index in [1.165, 1.54) is 27.8 Å². The number of hydrogen-bond donors (Lipinski definition) is 1. The molecule has 3 aromatic carbocycles. The van der Waals surface area contributed by atoms with Crippen molar-refractivity contribution < 1.29 is 19.4 Å². The number of rotatable bonds is 11. The molecule has 1 aliphatic rings. The minimum atomic E-state index is -0.870. The van der Waals surface area contributed by atoms with Gasteiger partial charge in [-0.2, -0.15) is 0 Å². The van der Waals surface area contributed by atoms with E-state index in [-0.39, 0.29) is 17.4 Å². The van der Waals surface area contributed by atoms with E-state index in [4.69, 9.17) is 9.47 Å². The van der Waals surface area contributed by atoms with Crippen molar-refractivity contribution in [1.82, 2.24) is 0 Å². The van der Waals surface area contributed by atoms with E-state index in [1.807, 2.05) is 18.2 Å². The molecule has 1 saturated heterocycles. The largest absolute Gasteiger partial charge is 0.496 e. The van der Waals surface area contributed by atoms with E-state index in [9.17, 15) is 9.90 Å². The van der Waals surface area contributed by atoms with E-state index in [0.29, 0.717) is 11.3 Å². The normalized spacial score (nSPS) is 17.1. The van der Waals surface area contributed by atoms with Crippen LogP contribution in [0.15, 0.2) is 60.7 Å². The van der Waals surface area contributed by atoms with Gasteiger partial charge in [0.15, 0.2) is 0 Å². The lowest BCUT2D eigenvalue weighted by molar-refractivity contribution is -0.136. The molecule has 0 amide bonds. The SMILES string of the molecule is CCC1(/C=C/c2ccc(C(CC)(CC)c3ccc(-c4ccc(OC)c(CC(=O)O)c4)c(C)c3)cc2C)CO1. The van der Waals surface area contributed by atoms with Gasteiger partial charge in [0, 0.05) is 11.0 Å². The predicted molar refractivity (Wildman–Crippen MR) is 155 cm³/mol. The Labute approximate surface area is 227 Å². The van der Waals surface area contributed by atoms with Crippen LogP contribution in [0.5, 0.6) is 5.75 Å². The summed E-state index contributed by atoms with van der Waals surface area (Å²) in [7, 11) is 1.57. The molecule has 1 N–H and O–H groups in total. The molecule has 1 fully saturated rings. The lowest BCUT2D eigenvalue weighted by Crippen LogP contribution is -2.26. The summed E-state index contributed by atoms with van der Waals surface area (Å²) in [6, 6.07) is 19.4. The van der Waals surface area contributed by atoms with Crippen LogP contribution >= 0.6 is 0 Å². The highest BCUT2D eigenvalue weighted by atomic mass is 16.6. The number of methoxy groups -OCH3 is 1. The van der Waals surface area contributed by atoms with Gasteiger partial charge in [-0.25, -0.2) is 0 Å². The molecule has 1 aliphatic heterocycles. The van der Waals surface area contributed by atoms with E-state index in [1.54, 1.807) is 7.11 Å². The molecule has 1 heterocycles. The molecule has 3 aromatic rings. The van der Waals surface area contributed by atoms with Gasteiger partial charge in [0.2, 0.25) is 0 Å². The first-order chi connectivity index (χ1) is 18.2. The quantitative estimate of drug-likeness (QED) is 0.265. The van der Waals surface area contributed by atoms with Gasteiger partial charge < -0.3 is 14.6 Å². The maximum Gasteiger partial charge on any atom is 0.307 e. The Morgan fingerprint density at radius 2 is 1.66 bits per heavy atom. The molecule has 0 bridgehead atoms. The third-order valence-corrected chi connectivity index (χ3v) is 8.42. The number of aryl methyl sites for hydroxylation is 2. The fourth-order valence-corrected chi connectivity index (χ4v) is 5.68. The van der Waals surface area contributed by atoms with Gasteiger partial charge in [0.1, 0.15) is 11.4 Å². The average Bonchev–Trinajstić information content (AvgIpc) is 3.69. The van der Waals surface area contributed by atoms with Crippen molar-refractivity contribution in [2.45, 2.75) is 71.3 Å². The minimum Gasteiger partial charge on any atom is -0.496 e. The van der Waals surface area contributed by atoms with Crippen LogP contribution in [0.2, 0.25) is 0 Å². The second-order valence-electron chi connectivity index (χ2n) is 10.5. The van der Waals surface area contributed by atoms with Gasteiger partial charge in [-0.1, -0.05) is 69.3 Å². The molecule has 4 heteroatoms. The van der Waals surface area contributed by atoms with Gasteiger partial charge in [-0.3, -0.25) is 4.79 Å². The number of carbonyl (C=O) groups is 1. The number of hydrogen-bond acceptors (Lipinski definition) is 3. The van der Waals surface area contributed by atoms with Crippen LogP contribution in [0.25, 0.3) is 17.2 Å². The second kappa shape index (κ2) is 11.2. The summed E-state index contributed by atoms with van der Waals surface area (Å²) < 4.78 is 11.0. The Morgan fingerprint density at radius 3 is 2.18 bits per heavy atom. The molecule has 1 unspecified atom stereocenters. The monoisotopic (exact) mass is 512 g/mol. The van der Waals surface area contributed by atoms with E-state index >= 15 is 0 Å². The predicted octanol–water partition coefficient (Wildman–Crippen LogP) is 7.90. The van der Waals surface area contributed by atoms with E-state index in [0.717, 1.165) is 37.0 Å². The summed E-state index contributed by atoms with van der Waals surface area (Å²) in [5, 5.41) is 9.34. The lowest BCUT2D eigenvalue weighted by atomic mass is 9.69. The molecular formula is C34H40O4. The molecule has 0 radical (unpaired) electrons. The Hall–Kier alpha value is -3.37. The van der Waals surface area contributed by atoms with Crippen molar-refractivity contribution in [1.29, 1.82) is 0 Å². The van der Waals surface area contributed by atoms with Crippen LogP contribution < -0.4 is 4.74 Å². The number of ether oxygens (including phenoxy) is 2. The Bertz CT molecular complexity index is 1340. The maximum atomic E-state index is 11.4. The first-order valence-electron chi connectivity index (χ1n) is 13.7. The zero-order valence-corrected chi connectivity index (χ0v) is 23.6. The van der Waals surface area contributed by atoms with Gasteiger partial charge in [-0.05, 0) is 90.3 Å². The number of aliphatic carboxylic acids is 1. The van der Waals surface area contributed by atoms with E-state index in [2.05, 4.69) is 83.2 Å². The maximum absolute atomic E-state index is 11.4. The van der Waals surface area contributed by atoms with Crippen LogP contribution in [-0.2, 0) is 21.4 Å². The highest BCUT2D eigenvalue weighted by Gasteiger charge is 2.39. The van der Waals surface area contributed by atoms with Gasteiger partial charge in [-0.15, -0.1) is 0 Å². The molecule has 0 spiro atoms. The Morgan fingerprint density at radius 1 is 1.00 bits per heavy atom. The standard InChI is InChI=1S/C34H40O4/c1-7-33(22-38-33)17-16-25-10-12-28(18-23(25)4)34(8-2,9-3)29-13-14-30(24(5)19-29)26-11-15-31(37-6)27(20-26)21-32(35)36/h10-20H,7-9,21-22H2,1-6H3,(H,35,36)/b17-16+. The molecule has 4 nitrogen and oxygen atoms in total. The summed E-state index contributed by atoms with van der Waals surface area (Å²) in [6.45, 7) is 11.9. The molecule has 0 aromatic heterocycles. The van der Waals surface area contributed by atoms with E-state index < -0.39 is 5.97 Å². The molecule has 0 saturated carbocycles. The molecular weight excluding hydrogens is 472 g/mol. The van der Waals surface area contributed by atoms with Crippen LogP contribution in [0.3, 0.4) is 0 Å². The molecule has 4 rings (SSSR count). The lowest BCUT2D eigenvalue weighted by Gasteiger charge is -2.34. The molecule has 0 aliphatic carbocycles. The van der Waals surface area contributed by atoms with Crippen molar-refractivity contribution >= 4 is 12.0 Å². The summed E-state index contributed by atoms with van der Waals surface area (Å²) in [5.41, 5.74) is 8.97. The highest BCUT2D eigenvalue weighted by Crippen LogP contribution is 2.42. The first-order valence-corrected chi connectivity index (χ1v) is 13.7. The second-order valence-corrected chi connectivity index (χ2v) is 10.5. The van der Waals surface area contributed by atoms with Gasteiger partial charge in [0.25, 0.3) is 0 Å². The third-order valence-electron chi connectivity index (χ3n) is 8.42. The zero-order valence-electron chi connectivity index (χ0n) is 23.6. The van der Waals surface area contributed by atoms with Crippen molar-refractivity contribution in [3.05, 3.63) is 94.1 Å². The molecule has 38 heavy (non-hydrogen) atoms. The third kappa shape index (κ3) is 5.42. The molecule has 1 atom stereocenters. The van der Waals surface area contributed by atoms with Crippen molar-refractivity contribution in [2.75, 3.05) is 13.7 Å². The van der Waals surface area contributed by atoms with Crippen molar-refractivity contribution in [2.24, 2.45) is 0 Å². The van der Waals surface area contributed by atoms with Crippen LogP contribution in [0.4, 0.5) is 0 Å². The fourth-order valence-electron chi connectivity index (χ4n) is 5.68. The molecule has 200 valence electrons. The summed E-state index contributed by atoms with van der Waals surface area (Å²) in [4.78, 5) is 11.4.